The van der Waals surface area contributed by atoms with E-state index in [1.807, 2.05) is 30.3 Å². The third-order valence-corrected chi connectivity index (χ3v) is 6.90. The van der Waals surface area contributed by atoms with Crippen molar-refractivity contribution in [3.63, 3.8) is 0 Å². The van der Waals surface area contributed by atoms with Crippen LogP contribution in [0.4, 0.5) is 17.6 Å². The molecule has 2 unspecified atom stereocenters. The van der Waals surface area contributed by atoms with Gasteiger partial charge in [0.05, 0.1) is 29.2 Å². The van der Waals surface area contributed by atoms with Gasteiger partial charge in [-0.3, -0.25) is 14.9 Å². The van der Waals surface area contributed by atoms with E-state index in [0.29, 0.717) is 12.8 Å². The molecule has 4 rings (SSSR count). The zero-order valence-electron chi connectivity index (χ0n) is 18.7. The average Bonchev–Trinajstić information content (AvgIpc) is 3.10. The molecule has 2 fully saturated rings. The van der Waals surface area contributed by atoms with Gasteiger partial charge in [0.15, 0.2) is 0 Å². The van der Waals surface area contributed by atoms with Gasteiger partial charge < -0.3 is 10.1 Å². The van der Waals surface area contributed by atoms with Gasteiger partial charge in [-0.1, -0.05) is 36.4 Å². The quantitative estimate of drug-likeness (QED) is 0.472. The Morgan fingerprint density at radius 1 is 1.09 bits per heavy atom. The number of piperidine rings is 1. The number of halogens is 4. The molecule has 2 aliphatic heterocycles. The lowest BCUT2D eigenvalue weighted by atomic mass is 9.71. The molecule has 34 heavy (non-hydrogen) atoms. The summed E-state index contributed by atoms with van der Waals surface area (Å²) in [6.07, 6.45) is -4.26. The minimum atomic E-state index is -4.59. The lowest BCUT2D eigenvalue weighted by Gasteiger charge is -2.45. The summed E-state index contributed by atoms with van der Waals surface area (Å²) in [6, 6.07) is 12.6. The lowest BCUT2D eigenvalue weighted by Crippen LogP contribution is -2.57. The van der Waals surface area contributed by atoms with E-state index in [0.717, 1.165) is 17.7 Å². The Balaban J connectivity index is 1.56. The molecule has 3 atom stereocenters. The molecule has 9 heteroatoms. The number of carbonyl (C=O) groups is 2. The van der Waals surface area contributed by atoms with E-state index in [-0.39, 0.29) is 42.5 Å². The van der Waals surface area contributed by atoms with Gasteiger partial charge in [0.25, 0.3) is 0 Å². The van der Waals surface area contributed by atoms with Crippen LogP contribution in [-0.2, 0) is 32.7 Å². The van der Waals surface area contributed by atoms with Crippen molar-refractivity contribution in [2.75, 3.05) is 13.2 Å². The van der Waals surface area contributed by atoms with Gasteiger partial charge in [-0.15, -0.1) is 0 Å². The van der Waals surface area contributed by atoms with Gasteiger partial charge >= 0.3 is 6.18 Å². The Morgan fingerprint density at radius 2 is 1.82 bits per heavy atom. The number of ether oxygens (including phenoxy) is 1. The van der Waals surface area contributed by atoms with Crippen LogP contribution in [-0.4, -0.2) is 25.0 Å². The lowest BCUT2D eigenvalue weighted by molar-refractivity contribution is -0.138. The van der Waals surface area contributed by atoms with Crippen LogP contribution in [0, 0.1) is 5.41 Å². The van der Waals surface area contributed by atoms with Crippen molar-refractivity contribution in [1.29, 1.82) is 0 Å². The first-order valence-corrected chi connectivity index (χ1v) is 11.1. The maximum atomic E-state index is 13.3. The molecular formula is C25H26F4N2O3. The van der Waals surface area contributed by atoms with Gasteiger partial charge in [-0.05, 0) is 48.6 Å². The largest absolute Gasteiger partial charge is 0.416 e. The van der Waals surface area contributed by atoms with Gasteiger partial charge in [0.1, 0.15) is 6.67 Å². The molecule has 5 nitrogen and oxygen atoms in total. The Kier molecular flexibility index (Phi) is 6.52. The summed E-state index contributed by atoms with van der Waals surface area (Å²) in [6.45, 7) is 1.00. The van der Waals surface area contributed by atoms with E-state index in [1.54, 1.807) is 6.92 Å². The highest BCUT2D eigenvalue weighted by molar-refractivity contribution is 6.06. The van der Waals surface area contributed by atoms with Crippen LogP contribution in [0.25, 0.3) is 0 Å². The zero-order valence-corrected chi connectivity index (χ0v) is 18.7. The number of benzene rings is 2. The molecule has 0 bridgehead atoms. The second kappa shape index (κ2) is 9.11. The first-order chi connectivity index (χ1) is 16.1. The maximum Gasteiger partial charge on any atom is 0.416 e. The first kappa shape index (κ1) is 24.3. The van der Waals surface area contributed by atoms with E-state index in [4.69, 9.17) is 4.74 Å². The average molecular weight is 478 g/mol. The number of alkyl halides is 4. The molecule has 2 aromatic carbocycles. The molecule has 0 aliphatic carbocycles. The first-order valence-electron chi connectivity index (χ1n) is 11.1. The third kappa shape index (κ3) is 4.72. The summed E-state index contributed by atoms with van der Waals surface area (Å²) in [7, 11) is 0. The molecule has 2 aromatic rings. The SMILES string of the molecule is CC(OC[C@@]1(c2ccccc2)CCC2(CN1)CC(=O)NC2=O)c1cc(CF)cc(C(F)(F)F)c1. The second-order valence-electron chi connectivity index (χ2n) is 9.18. The predicted molar refractivity (Wildman–Crippen MR) is 116 cm³/mol. The number of amides is 2. The molecule has 0 aromatic heterocycles. The maximum absolute atomic E-state index is 13.3. The predicted octanol–water partition coefficient (Wildman–Crippen LogP) is 4.56. The fourth-order valence-corrected chi connectivity index (χ4v) is 4.77. The highest BCUT2D eigenvalue weighted by Gasteiger charge is 2.52. The van der Waals surface area contributed by atoms with E-state index < -0.39 is 35.5 Å². The summed E-state index contributed by atoms with van der Waals surface area (Å²) in [5.41, 5.74) is -1.34. The Bertz CT molecular complexity index is 1060. The summed E-state index contributed by atoms with van der Waals surface area (Å²) in [5, 5.41) is 5.79. The van der Waals surface area contributed by atoms with Crippen molar-refractivity contribution in [3.05, 3.63) is 70.8 Å². The highest BCUT2D eigenvalue weighted by Crippen LogP contribution is 2.43. The smallest absolute Gasteiger partial charge is 0.372 e. The fourth-order valence-electron chi connectivity index (χ4n) is 4.77. The van der Waals surface area contributed by atoms with Crippen LogP contribution in [0.15, 0.2) is 48.5 Å². The van der Waals surface area contributed by atoms with Crippen molar-refractivity contribution in [2.24, 2.45) is 5.41 Å². The molecule has 0 radical (unpaired) electrons. The number of imide groups is 1. The zero-order chi connectivity index (χ0) is 24.6. The summed E-state index contributed by atoms with van der Waals surface area (Å²) < 4.78 is 59.1. The van der Waals surface area contributed by atoms with Crippen molar-refractivity contribution in [2.45, 2.75) is 50.7 Å². The Labute approximate surface area is 194 Å². The van der Waals surface area contributed by atoms with Crippen LogP contribution in [0.5, 0.6) is 0 Å². The molecule has 2 heterocycles. The third-order valence-electron chi connectivity index (χ3n) is 6.90. The van der Waals surface area contributed by atoms with Crippen LogP contribution in [0.1, 0.15) is 54.5 Å². The molecule has 2 amide bonds. The van der Waals surface area contributed by atoms with Crippen LogP contribution >= 0.6 is 0 Å². The molecule has 182 valence electrons. The molecular weight excluding hydrogens is 452 g/mol. The summed E-state index contributed by atoms with van der Waals surface area (Å²) >= 11 is 0. The molecule has 2 aliphatic rings. The molecule has 0 saturated carbocycles. The van der Waals surface area contributed by atoms with E-state index in [1.165, 1.54) is 6.07 Å². The van der Waals surface area contributed by atoms with Gasteiger partial charge in [-0.25, -0.2) is 4.39 Å². The van der Waals surface area contributed by atoms with Crippen LogP contribution in [0.2, 0.25) is 0 Å². The van der Waals surface area contributed by atoms with Crippen molar-refractivity contribution >= 4 is 11.8 Å². The monoisotopic (exact) mass is 478 g/mol. The molecule has 2 saturated heterocycles. The number of carbonyl (C=O) groups excluding carboxylic acids is 2. The van der Waals surface area contributed by atoms with Crippen molar-refractivity contribution < 1.29 is 31.9 Å². The number of hydrogen-bond donors (Lipinski definition) is 2. The standard InChI is InChI=1S/C25H26F4N2O3/c1-16(18-9-17(13-26)10-20(11-18)25(27,28)29)34-15-24(19-5-3-2-4-6-19)8-7-23(14-30-24)12-21(32)31-22(23)33/h2-6,9-11,16,30H,7-8,12-15H2,1H3,(H,31,32,33)/t16?,23?,24-/m1/s1. The number of hydrogen-bond acceptors (Lipinski definition) is 4. The molecule has 1 spiro atoms. The van der Waals surface area contributed by atoms with Gasteiger partial charge in [0.2, 0.25) is 11.8 Å². The van der Waals surface area contributed by atoms with Crippen LogP contribution < -0.4 is 10.6 Å². The van der Waals surface area contributed by atoms with Crippen LogP contribution in [0.3, 0.4) is 0 Å². The summed E-state index contributed by atoms with van der Waals surface area (Å²) in [5.74, 6) is -0.583. The minimum Gasteiger partial charge on any atom is -0.372 e. The van der Waals surface area contributed by atoms with Crippen molar-refractivity contribution in [1.82, 2.24) is 10.6 Å². The highest BCUT2D eigenvalue weighted by atomic mass is 19.4. The second-order valence-corrected chi connectivity index (χ2v) is 9.18. The Hall–Kier alpha value is -2.78. The van der Waals surface area contributed by atoms with E-state index in [9.17, 15) is 27.2 Å². The fraction of sp³-hybridized carbons (Fsp3) is 0.440. The van der Waals surface area contributed by atoms with Gasteiger partial charge in [0, 0.05) is 13.0 Å². The van der Waals surface area contributed by atoms with E-state index in [2.05, 4.69) is 10.6 Å². The topological polar surface area (TPSA) is 67.4 Å². The molecule has 2 N–H and O–H groups in total. The Morgan fingerprint density at radius 3 is 2.38 bits per heavy atom. The van der Waals surface area contributed by atoms with E-state index >= 15 is 0 Å². The van der Waals surface area contributed by atoms with Crippen molar-refractivity contribution in [3.8, 4) is 0 Å². The number of rotatable bonds is 6. The normalized spacial score (nSPS) is 26.0. The minimum absolute atomic E-state index is 0.0623. The summed E-state index contributed by atoms with van der Waals surface area (Å²) in [4.78, 5) is 24.2. The number of nitrogens with one attached hydrogen (secondary N) is 2. The van der Waals surface area contributed by atoms with Gasteiger partial charge in [-0.2, -0.15) is 13.2 Å².